The number of nitrogens with zero attached hydrogens (tertiary/aromatic N) is 1. The van der Waals surface area contributed by atoms with E-state index in [1.807, 2.05) is 0 Å². The molecule has 1 aromatic rings. The van der Waals surface area contributed by atoms with Crippen molar-refractivity contribution in [1.82, 2.24) is 4.90 Å². The van der Waals surface area contributed by atoms with Gasteiger partial charge >= 0.3 is 0 Å². The van der Waals surface area contributed by atoms with E-state index in [-0.39, 0.29) is 0 Å². The van der Waals surface area contributed by atoms with Crippen LogP contribution in [0.4, 0.5) is 0 Å². The highest BCUT2D eigenvalue weighted by Crippen LogP contribution is 2.17. The monoisotopic (exact) mass is 234 g/mol. The van der Waals surface area contributed by atoms with E-state index in [2.05, 4.69) is 35.2 Å². The van der Waals surface area contributed by atoms with Crippen LogP contribution >= 0.6 is 0 Å². The topological polar surface area (TPSA) is 38.5 Å². The Labute approximate surface area is 104 Å². The minimum Gasteiger partial charge on any atom is -0.380 e. The number of likely N-dealkylation sites (tertiary alicyclic amines) is 1. The van der Waals surface area contributed by atoms with E-state index in [0.29, 0.717) is 18.7 Å². The van der Waals surface area contributed by atoms with Gasteiger partial charge in [-0.3, -0.25) is 4.90 Å². The van der Waals surface area contributed by atoms with Crippen molar-refractivity contribution in [3.8, 4) is 0 Å². The molecule has 1 saturated heterocycles. The number of hydrogen-bond donors (Lipinski definition) is 1. The summed E-state index contributed by atoms with van der Waals surface area (Å²) in [4.78, 5) is 2.46. The molecule has 0 spiro atoms. The second-order valence-corrected chi connectivity index (χ2v) is 4.72. The van der Waals surface area contributed by atoms with Gasteiger partial charge in [0.15, 0.2) is 0 Å². The molecule has 0 radical (unpaired) electrons. The van der Waals surface area contributed by atoms with Crippen LogP contribution in [0.2, 0.25) is 0 Å². The van der Waals surface area contributed by atoms with E-state index >= 15 is 0 Å². The molecule has 0 aliphatic carbocycles. The zero-order valence-corrected chi connectivity index (χ0v) is 10.5. The van der Waals surface area contributed by atoms with Crippen molar-refractivity contribution in [1.29, 1.82) is 0 Å². The lowest BCUT2D eigenvalue weighted by molar-refractivity contribution is 0.101. The molecule has 2 atom stereocenters. The fourth-order valence-corrected chi connectivity index (χ4v) is 2.53. The molecule has 2 N–H and O–H groups in total. The van der Waals surface area contributed by atoms with E-state index < -0.39 is 0 Å². The molecule has 3 heteroatoms. The van der Waals surface area contributed by atoms with Crippen molar-refractivity contribution in [3.63, 3.8) is 0 Å². The van der Waals surface area contributed by atoms with Gasteiger partial charge in [-0.2, -0.15) is 0 Å². The number of ether oxygens (including phenoxy) is 1. The Morgan fingerprint density at radius 3 is 2.76 bits per heavy atom. The molecular formula is C14H22N2O. The highest BCUT2D eigenvalue weighted by Gasteiger charge is 2.27. The van der Waals surface area contributed by atoms with Crippen LogP contribution < -0.4 is 5.73 Å². The molecule has 1 aromatic carbocycles. The third-order valence-electron chi connectivity index (χ3n) is 3.61. The van der Waals surface area contributed by atoms with Crippen LogP contribution in [-0.4, -0.2) is 43.8 Å². The van der Waals surface area contributed by atoms with E-state index in [4.69, 9.17) is 10.5 Å². The van der Waals surface area contributed by atoms with Crippen LogP contribution in [0, 0.1) is 0 Å². The molecule has 0 bridgehead atoms. The van der Waals surface area contributed by atoms with Crippen LogP contribution in [0.15, 0.2) is 30.3 Å². The Hall–Kier alpha value is -0.900. The van der Waals surface area contributed by atoms with Gasteiger partial charge < -0.3 is 10.5 Å². The molecule has 0 aromatic heterocycles. The summed E-state index contributed by atoms with van der Waals surface area (Å²) in [7, 11) is 1.79. The number of methoxy groups -OCH3 is 1. The van der Waals surface area contributed by atoms with Gasteiger partial charge in [0.2, 0.25) is 0 Å². The fourth-order valence-electron chi connectivity index (χ4n) is 2.53. The van der Waals surface area contributed by atoms with Gasteiger partial charge in [-0.15, -0.1) is 0 Å². The Bertz CT molecular complexity index is 328. The smallest absolute Gasteiger partial charge is 0.0710 e. The average molecular weight is 234 g/mol. The maximum absolute atomic E-state index is 5.90. The second kappa shape index (κ2) is 6.15. The number of benzene rings is 1. The molecule has 1 heterocycles. The molecule has 0 saturated carbocycles. The summed E-state index contributed by atoms with van der Waals surface area (Å²) in [5.41, 5.74) is 7.27. The number of nitrogens with two attached hydrogens (primary N) is 1. The van der Waals surface area contributed by atoms with Crippen LogP contribution in [0.3, 0.4) is 0 Å². The van der Waals surface area contributed by atoms with Gasteiger partial charge in [0.25, 0.3) is 0 Å². The van der Waals surface area contributed by atoms with Crippen molar-refractivity contribution in [2.45, 2.75) is 25.0 Å². The van der Waals surface area contributed by atoms with Gasteiger partial charge in [-0.25, -0.2) is 0 Å². The Balaban J connectivity index is 1.93. The first-order valence-corrected chi connectivity index (χ1v) is 6.34. The minimum absolute atomic E-state index is 0.389. The summed E-state index contributed by atoms with van der Waals surface area (Å²) in [6.45, 7) is 2.84. The minimum atomic E-state index is 0.389. The molecule has 3 nitrogen and oxygen atoms in total. The molecule has 1 aliphatic rings. The van der Waals surface area contributed by atoms with E-state index in [9.17, 15) is 0 Å². The van der Waals surface area contributed by atoms with Gasteiger partial charge in [-0.1, -0.05) is 30.3 Å². The Morgan fingerprint density at radius 1 is 1.41 bits per heavy atom. The van der Waals surface area contributed by atoms with Crippen molar-refractivity contribution < 1.29 is 4.74 Å². The zero-order chi connectivity index (χ0) is 12.1. The Kier molecular flexibility index (Phi) is 4.54. The predicted molar refractivity (Wildman–Crippen MR) is 70.0 cm³/mol. The average Bonchev–Trinajstić information content (AvgIpc) is 2.86. The summed E-state index contributed by atoms with van der Waals surface area (Å²) in [6.07, 6.45) is 2.55. The first-order chi connectivity index (χ1) is 8.33. The third-order valence-corrected chi connectivity index (χ3v) is 3.61. The van der Waals surface area contributed by atoms with Gasteiger partial charge in [-0.05, 0) is 18.4 Å². The third kappa shape index (κ3) is 3.28. The number of rotatable bonds is 5. The second-order valence-electron chi connectivity index (χ2n) is 4.72. The molecule has 2 rings (SSSR count). The Morgan fingerprint density at radius 2 is 2.18 bits per heavy atom. The molecular weight excluding hydrogens is 212 g/mol. The molecule has 1 fully saturated rings. The van der Waals surface area contributed by atoms with Gasteiger partial charge in [0, 0.05) is 32.8 Å². The molecule has 2 unspecified atom stereocenters. The quantitative estimate of drug-likeness (QED) is 0.834. The van der Waals surface area contributed by atoms with E-state index in [1.165, 1.54) is 5.56 Å². The summed E-state index contributed by atoms with van der Waals surface area (Å²) in [5.74, 6) is 0. The zero-order valence-electron chi connectivity index (χ0n) is 10.5. The van der Waals surface area contributed by atoms with Gasteiger partial charge in [0.1, 0.15) is 0 Å². The normalized spacial score (nSPS) is 22.8. The predicted octanol–water partition coefficient (Wildman–Crippen LogP) is 1.28. The lowest BCUT2D eigenvalue weighted by Crippen LogP contribution is -2.41. The highest BCUT2D eigenvalue weighted by atomic mass is 16.5. The fraction of sp³-hybridized carbons (Fsp3) is 0.571. The SMILES string of the molecule is COC1CCN(C(CN)Cc2ccccc2)C1. The summed E-state index contributed by atoms with van der Waals surface area (Å²) >= 11 is 0. The van der Waals surface area contributed by atoms with Crippen molar-refractivity contribution >= 4 is 0 Å². The van der Waals surface area contributed by atoms with E-state index in [0.717, 1.165) is 25.9 Å². The maximum atomic E-state index is 5.90. The number of hydrogen-bond acceptors (Lipinski definition) is 3. The van der Waals surface area contributed by atoms with Crippen LogP contribution in [-0.2, 0) is 11.2 Å². The van der Waals surface area contributed by atoms with Crippen molar-refractivity contribution in [2.75, 3.05) is 26.7 Å². The van der Waals surface area contributed by atoms with E-state index in [1.54, 1.807) is 7.11 Å². The largest absolute Gasteiger partial charge is 0.380 e. The lowest BCUT2D eigenvalue weighted by Gasteiger charge is -2.26. The van der Waals surface area contributed by atoms with Crippen LogP contribution in [0.25, 0.3) is 0 Å². The van der Waals surface area contributed by atoms with Crippen molar-refractivity contribution in [2.24, 2.45) is 5.73 Å². The van der Waals surface area contributed by atoms with Gasteiger partial charge in [0.05, 0.1) is 6.10 Å². The first-order valence-electron chi connectivity index (χ1n) is 6.34. The maximum Gasteiger partial charge on any atom is 0.0710 e. The molecule has 17 heavy (non-hydrogen) atoms. The standard InChI is InChI=1S/C14H22N2O/c1-17-14-7-8-16(11-14)13(10-15)9-12-5-3-2-4-6-12/h2-6,13-14H,7-11,15H2,1H3. The molecule has 94 valence electrons. The highest BCUT2D eigenvalue weighted by molar-refractivity contribution is 5.16. The summed E-state index contributed by atoms with van der Waals surface area (Å²) in [5, 5.41) is 0. The molecule has 1 aliphatic heterocycles. The van der Waals surface area contributed by atoms with Crippen LogP contribution in [0.5, 0.6) is 0 Å². The van der Waals surface area contributed by atoms with Crippen molar-refractivity contribution in [3.05, 3.63) is 35.9 Å². The first kappa shape index (κ1) is 12.6. The van der Waals surface area contributed by atoms with Crippen LogP contribution in [0.1, 0.15) is 12.0 Å². The summed E-state index contributed by atoms with van der Waals surface area (Å²) in [6, 6.07) is 11.0. The summed E-state index contributed by atoms with van der Waals surface area (Å²) < 4.78 is 5.40. The molecule has 0 amide bonds. The lowest BCUT2D eigenvalue weighted by atomic mass is 10.1.